The first kappa shape index (κ1) is 15.3. The molecule has 0 aliphatic heterocycles. The lowest BCUT2D eigenvalue weighted by molar-refractivity contribution is -0.120. The molecular formula is C15H17FN2O2S. The summed E-state index contributed by atoms with van der Waals surface area (Å²) >= 11 is 1.60. The smallest absolute Gasteiger partial charge is 0.239 e. The molecule has 0 saturated heterocycles. The molecule has 1 aromatic carbocycles. The topological polar surface area (TPSA) is 50.4 Å². The molecule has 2 aromatic rings. The van der Waals surface area contributed by atoms with E-state index in [4.69, 9.17) is 4.74 Å². The zero-order valence-electron chi connectivity index (χ0n) is 11.9. The number of hydrogen-bond donors (Lipinski definition) is 2. The monoisotopic (exact) mass is 308 g/mol. The Morgan fingerprint density at radius 1 is 1.43 bits per heavy atom. The first-order chi connectivity index (χ1) is 10.1. The van der Waals surface area contributed by atoms with Crippen molar-refractivity contribution in [1.82, 2.24) is 5.32 Å². The Labute approximate surface area is 126 Å². The van der Waals surface area contributed by atoms with Gasteiger partial charge in [-0.1, -0.05) is 6.07 Å². The van der Waals surface area contributed by atoms with Gasteiger partial charge in [-0.15, -0.1) is 11.3 Å². The number of hydrogen-bond acceptors (Lipinski definition) is 4. The fraction of sp³-hybridized carbons (Fsp3) is 0.267. The van der Waals surface area contributed by atoms with Gasteiger partial charge in [-0.2, -0.15) is 0 Å². The first-order valence-electron chi connectivity index (χ1n) is 6.50. The molecule has 1 unspecified atom stereocenters. The average molecular weight is 308 g/mol. The maximum atomic E-state index is 13.1. The fourth-order valence-electron chi connectivity index (χ4n) is 1.89. The number of methoxy groups -OCH3 is 1. The molecule has 1 heterocycles. The van der Waals surface area contributed by atoms with E-state index < -0.39 is 0 Å². The highest BCUT2D eigenvalue weighted by Crippen LogP contribution is 2.24. The van der Waals surface area contributed by atoms with Crippen molar-refractivity contribution in [3.8, 4) is 5.75 Å². The normalized spacial score (nSPS) is 11.8. The van der Waals surface area contributed by atoms with Crippen LogP contribution in [0.1, 0.15) is 17.8 Å². The highest BCUT2D eigenvalue weighted by atomic mass is 32.1. The molecule has 1 aromatic heterocycles. The lowest BCUT2D eigenvalue weighted by Gasteiger charge is -2.14. The molecule has 0 fully saturated rings. The minimum Gasteiger partial charge on any atom is -0.494 e. The summed E-state index contributed by atoms with van der Waals surface area (Å²) in [6.45, 7) is 2.03. The predicted octanol–water partition coefficient (Wildman–Crippen LogP) is 3.19. The second-order valence-corrected chi connectivity index (χ2v) is 5.48. The molecule has 0 spiro atoms. The average Bonchev–Trinajstić information content (AvgIpc) is 3.00. The van der Waals surface area contributed by atoms with Crippen molar-refractivity contribution in [3.63, 3.8) is 0 Å². The van der Waals surface area contributed by atoms with Crippen molar-refractivity contribution in [2.75, 3.05) is 19.0 Å². The lowest BCUT2D eigenvalue weighted by Crippen LogP contribution is -2.31. The van der Waals surface area contributed by atoms with Gasteiger partial charge in [0.15, 0.2) is 0 Å². The molecule has 2 rings (SSSR count). The third-order valence-corrected chi connectivity index (χ3v) is 4.01. The van der Waals surface area contributed by atoms with Crippen molar-refractivity contribution >= 4 is 22.9 Å². The van der Waals surface area contributed by atoms with Crippen LogP contribution in [0.15, 0.2) is 35.7 Å². The Bertz CT molecular complexity index is 602. The number of halogens is 1. The Morgan fingerprint density at radius 2 is 2.24 bits per heavy atom. The number of thiophene rings is 1. The van der Waals surface area contributed by atoms with E-state index in [1.165, 1.54) is 19.2 Å². The molecule has 1 amide bonds. The summed E-state index contributed by atoms with van der Waals surface area (Å²) in [4.78, 5) is 13.0. The van der Waals surface area contributed by atoms with Crippen LogP contribution in [0, 0.1) is 5.82 Å². The van der Waals surface area contributed by atoms with E-state index in [9.17, 15) is 9.18 Å². The molecule has 1 atom stereocenters. The highest BCUT2D eigenvalue weighted by molar-refractivity contribution is 7.10. The van der Waals surface area contributed by atoms with Gasteiger partial charge in [0.05, 0.1) is 25.4 Å². The quantitative estimate of drug-likeness (QED) is 0.861. The summed E-state index contributed by atoms with van der Waals surface area (Å²) in [5.74, 6) is -0.149. The zero-order valence-corrected chi connectivity index (χ0v) is 12.7. The van der Waals surface area contributed by atoms with E-state index in [1.54, 1.807) is 17.4 Å². The van der Waals surface area contributed by atoms with Crippen LogP contribution in [-0.2, 0) is 4.79 Å². The van der Waals surface area contributed by atoms with Gasteiger partial charge in [-0.3, -0.25) is 4.79 Å². The van der Waals surface area contributed by atoms with Gasteiger partial charge in [0.2, 0.25) is 5.91 Å². The molecule has 4 nitrogen and oxygen atoms in total. The number of benzene rings is 1. The second kappa shape index (κ2) is 7.08. The third-order valence-electron chi connectivity index (χ3n) is 2.95. The zero-order chi connectivity index (χ0) is 15.2. The minimum atomic E-state index is -0.381. The molecule has 21 heavy (non-hydrogen) atoms. The van der Waals surface area contributed by atoms with Crippen LogP contribution in [0.4, 0.5) is 10.1 Å². The number of carbonyl (C=O) groups excluding carboxylic acids is 1. The van der Waals surface area contributed by atoms with E-state index in [2.05, 4.69) is 10.6 Å². The number of rotatable bonds is 6. The molecule has 0 aliphatic rings. The maximum absolute atomic E-state index is 13.1. The number of nitrogens with one attached hydrogen (secondary N) is 2. The fourth-order valence-corrected chi connectivity index (χ4v) is 2.62. The third kappa shape index (κ3) is 4.19. The number of amides is 1. The van der Waals surface area contributed by atoms with Crippen LogP contribution in [0.3, 0.4) is 0 Å². The van der Waals surface area contributed by atoms with E-state index in [0.717, 1.165) is 4.88 Å². The van der Waals surface area contributed by atoms with Crippen molar-refractivity contribution in [3.05, 3.63) is 46.4 Å². The van der Waals surface area contributed by atoms with Crippen LogP contribution in [0.2, 0.25) is 0 Å². The largest absolute Gasteiger partial charge is 0.494 e. The standard InChI is InChI=1S/C15H17FN2O2S/c1-10(14-4-3-7-21-14)18-15(19)9-17-12-6-5-11(16)8-13(12)20-2/h3-8,10,17H,9H2,1-2H3,(H,18,19). The van der Waals surface area contributed by atoms with E-state index in [0.29, 0.717) is 11.4 Å². The highest BCUT2D eigenvalue weighted by Gasteiger charge is 2.11. The lowest BCUT2D eigenvalue weighted by atomic mass is 10.2. The number of ether oxygens (including phenoxy) is 1. The number of anilines is 1. The molecule has 2 N–H and O–H groups in total. The van der Waals surface area contributed by atoms with Crippen LogP contribution in [0.25, 0.3) is 0 Å². The van der Waals surface area contributed by atoms with Crippen molar-refractivity contribution in [2.45, 2.75) is 13.0 Å². The summed E-state index contributed by atoms with van der Waals surface area (Å²) in [5, 5.41) is 7.81. The van der Waals surface area contributed by atoms with E-state index >= 15 is 0 Å². The molecule has 0 bridgehead atoms. The van der Waals surface area contributed by atoms with Gasteiger partial charge in [0, 0.05) is 10.9 Å². The molecule has 0 aliphatic carbocycles. The predicted molar refractivity (Wildman–Crippen MR) is 82.3 cm³/mol. The molecule has 0 radical (unpaired) electrons. The van der Waals surface area contributed by atoms with Gasteiger partial charge in [-0.05, 0) is 30.5 Å². The molecule has 6 heteroatoms. The van der Waals surface area contributed by atoms with E-state index in [1.807, 2.05) is 24.4 Å². The first-order valence-corrected chi connectivity index (χ1v) is 7.38. The van der Waals surface area contributed by atoms with Gasteiger partial charge in [-0.25, -0.2) is 4.39 Å². The van der Waals surface area contributed by atoms with Crippen molar-refractivity contribution in [2.24, 2.45) is 0 Å². The summed E-state index contributed by atoms with van der Waals surface area (Å²) in [6, 6.07) is 8.03. The summed E-state index contributed by atoms with van der Waals surface area (Å²) in [6.07, 6.45) is 0. The SMILES string of the molecule is COc1cc(F)ccc1NCC(=O)NC(C)c1cccs1. The van der Waals surface area contributed by atoms with Crippen molar-refractivity contribution < 1.29 is 13.9 Å². The second-order valence-electron chi connectivity index (χ2n) is 4.50. The Kier molecular flexibility index (Phi) is 5.16. The molecule has 112 valence electrons. The van der Waals surface area contributed by atoms with Gasteiger partial charge >= 0.3 is 0 Å². The van der Waals surface area contributed by atoms with Crippen LogP contribution < -0.4 is 15.4 Å². The van der Waals surface area contributed by atoms with Crippen LogP contribution in [0.5, 0.6) is 5.75 Å². The van der Waals surface area contributed by atoms with Crippen LogP contribution >= 0.6 is 11.3 Å². The molecular weight excluding hydrogens is 291 g/mol. The molecule has 0 saturated carbocycles. The maximum Gasteiger partial charge on any atom is 0.239 e. The summed E-state index contributed by atoms with van der Waals surface area (Å²) in [5.41, 5.74) is 0.581. The van der Waals surface area contributed by atoms with Gasteiger partial charge < -0.3 is 15.4 Å². The van der Waals surface area contributed by atoms with Crippen LogP contribution in [-0.4, -0.2) is 19.6 Å². The Hall–Kier alpha value is -2.08. The summed E-state index contributed by atoms with van der Waals surface area (Å²) < 4.78 is 18.1. The summed E-state index contributed by atoms with van der Waals surface area (Å²) in [7, 11) is 1.46. The Balaban J connectivity index is 1.89. The van der Waals surface area contributed by atoms with E-state index in [-0.39, 0.29) is 24.3 Å². The minimum absolute atomic E-state index is 0.0330. The van der Waals surface area contributed by atoms with Gasteiger partial charge in [0.25, 0.3) is 0 Å². The van der Waals surface area contributed by atoms with Gasteiger partial charge in [0.1, 0.15) is 11.6 Å². The number of carbonyl (C=O) groups is 1. The van der Waals surface area contributed by atoms with Crippen molar-refractivity contribution in [1.29, 1.82) is 0 Å². The Morgan fingerprint density at radius 3 is 2.90 bits per heavy atom.